The second kappa shape index (κ2) is 7.37. The summed E-state index contributed by atoms with van der Waals surface area (Å²) in [4.78, 5) is 16.5. The lowest BCUT2D eigenvalue weighted by atomic mass is 10.2. The molecule has 0 saturated carbocycles. The van der Waals surface area contributed by atoms with Gasteiger partial charge >= 0.3 is 0 Å². The first-order valence-electron chi connectivity index (χ1n) is 7.64. The maximum atomic E-state index is 12.5. The highest BCUT2D eigenvalue weighted by Crippen LogP contribution is 2.19. The Bertz CT molecular complexity index is 784. The molecule has 0 N–H and O–H groups in total. The van der Waals surface area contributed by atoms with E-state index in [0.29, 0.717) is 23.5 Å². The first-order valence-corrected chi connectivity index (χ1v) is 8.43. The number of carbonyl (C=O) groups excluding carboxylic acids is 1. The van der Waals surface area contributed by atoms with Gasteiger partial charge in [-0.2, -0.15) is 5.26 Å². The summed E-state index contributed by atoms with van der Waals surface area (Å²) in [5, 5.41) is 9.30. The van der Waals surface area contributed by atoms with Gasteiger partial charge in [-0.25, -0.2) is 0 Å². The van der Waals surface area contributed by atoms with E-state index in [1.54, 1.807) is 17.0 Å². The highest BCUT2D eigenvalue weighted by Gasteiger charge is 2.24. The summed E-state index contributed by atoms with van der Waals surface area (Å²) in [5.41, 5.74) is 1.24. The van der Waals surface area contributed by atoms with Crippen LogP contribution in [0.3, 0.4) is 0 Å². The van der Waals surface area contributed by atoms with E-state index in [1.807, 2.05) is 24.3 Å². The van der Waals surface area contributed by atoms with Crippen molar-refractivity contribution >= 4 is 33.6 Å². The van der Waals surface area contributed by atoms with Crippen molar-refractivity contribution in [3.05, 3.63) is 58.5 Å². The highest BCUT2D eigenvalue weighted by molar-refractivity contribution is 9.10. The van der Waals surface area contributed by atoms with Crippen LogP contribution in [-0.4, -0.2) is 37.0 Å². The van der Waals surface area contributed by atoms with Crippen molar-refractivity contribution in [1.29, 1.82) is 5.26 Å². The predicted molar refractivity (Wildman–Crippen MR) is 95.2 cm³/mol. The molecule has 24 heavy (non-hydrogen) atoms. The molecule has 1 aromatic heterocycles. The highest BCUT2D eigenvalue weighted by atomic mass is 79.9. The summed E-state index contributed by atoms with van der Waals surface area (Å²) >= 11 is 3.21. The van der Waals surface area contributed by atoms with Crippen molar-refractivity contribution in [2.24, 2.45) is 0 Å². The van der Waals surface area contributed by atoms with Gasteiger partial charge in [-0.3, -0.25) is 4.79 Å². The van der Waals surface area contributed by atoms with Crippen molar-refractivity contribution in [2.45, 2.75) is 0 Å². The second-order valence-electron chi connectivity index (χ2n) is 5.43. The van der Waals surface area contributed by atoms with E-state index in [-0.39, 0.29) is 11.5 Å². The Morgan fingerprint density at radius 2 is 1.83 bits per heavy atom. The van der Waals surface area contributed by atoms with Gasteiger partial charge in [0.25, 0.3) is 5.91 Å². The predicted octanol–water partition coefficient (Wildman–Crippen LogP) is 3.30. The van der Waals surface area contributed by atoms with Gasteiger partial charge in [0.05, 0.1) is 0 Å². The third-order valence-corrected chi connectivity index (χ3v) is 4.35. The molecule has 0 atom stereocenters. The van der Waals surface area contributed by atoms with Crippen molar-refractivity contribution in [1.82, 2.24) is 4.90 Å². The molecule has 6 heteroatoms. The number of anilines is 1. The minimum absolute atomic E-state index is 0.0880. The lowest BCUT2D eigenvalue weighted by Gasteiger charge is -2.36. The number of para-hydroxylation sites is 1. The summed E-state index contributed by atoms with van der Waals surface area (Å²) in [7, 11) is 0. The summed E-state index contributed by atoms with van der Waals surface area (Å²) in [6.45, 7) is 2.69. The molecule has 0 unspecified atom stereocenters. The third-order valence-electron chi connectivity index (χ3n) is 3.92. The van der Waals surface area contributed by atoms with Gasteiger partial charge in [-0.05, 0) is 40.2 Å². The molecule has 122 valence electrons. The fourth-order valence-corrected chi connectivity index (χ4v) is 2.99. The Morgan fingerprint density at radius 1 is 1.12 bits per heavy atom. The third kappa shape index (κ3) is 3.69. The van der Waals surface area contributed by atoms with Crippen LogP contribution in [0.15, 0.2) is 57.1 Å². The van der Waals surface area contributed by atoms with E-state index < -0.39 is 0 Å². The Balaban J connectivity index is 1.66. The van der Waals surface area contributed by atoms with Crippen LogP contribution in [-0.2, 0) is 4.79 Å². The van der Waals surface area contributed by atoms with Crippen LogP contribution >= 0.6 is 15.9 Å². The van der Waals surface area contributed by atoms with E-state index in [2.05, 4.69) is 33.0 Å². The maximum absolute atomic E-state index is 12.5. The molecular formula is C18H16BrN3O2. The van der Waals surface area contributed by atoms with Crippen LogP contribution in [0.25, 0.3) is 6.08 Å². The molecule has 1 aliphatic heterocycles. The maximum Gasteiger partial charge on any atom is 0.264 e. The average molecular weight is 386 g/mol. The zero-order valence-electron chi connectivity index (χ0n) is 13.0. The molecule has 1 saturated heterocycles. The van der Waals surface area contributed by atoms with Crippen LogP contribution in [0.4, 0.5) is 5.69 Å². The Kier molecular flexibility index (Phi) is 5.02. The fourth-order valence-electron chi connectivity index (χ4n) is 2.67. The number of piperazine rings is 1. The monoisotopic (exact) mass is 385 g/mol. The average Bonchev–Trinajstić information content (AvgIpc) is 3.05. The standard InChI is InChI=1S/C18H16BrN3O2/c19-17-7-6-16(24-17)12-14(13-20)18(23)22-10-8-21(9-11-22)15-4-2-1-3-5-15/h1-7,12H,8-11H2/b14-12-. The number of furan rings is 1. The minimum Gasteiger partial charge on any atom is -0.450 e. The number of rotatable bonds is 3. The summed E-state index contributed by atoms with van der Waals surface area (Å²) in [6, 6.07) is 15.5. The molecule has 0 aliphatic carbocycles. The van der Waals surface area contributed by atoms with E-state index in [0.717, 1.165) is 18.8 Å². The Morgan fingerprint density at radius 3 is 2.42 bits per heavy atom. The molecule has 0 bridgehead atoms. The van der Waals surface area contributed by atoms with Crippen molar-refractivity contribution in [2.75, 3.05) is 31.1 Å². The van der Waals surface area contributed by atoms with Gasteiger partial charge in [0.2, 0.25) is 0 Å². The number of carbonyl (C=O) groups is 1. The molecule has 0 radical (unpaired) electrons. The Hall–Kier alpha value is -2.52. The minimum atomic E-state index is -0.252. The van der Waals surface area contributed by atoms with Crippen LogP contribution in [0.5, 0.6) is 0 Å². The van der Waals surface area contributed by atoms with Crippen LogP contribution in [0.1, 0.15) is 5.76 Å². The molecule has 1 fully saturated rings. The Labute approximate surface area is 148 Å². The van der Waals surface area contributed by atoms with Crippen LogP contribution < -0.4 is 4.90 Å². The number of benzene rings is 1. The lowest BCUT2D eigenvalue weighted by Crippen LogP contribution is -2.49. The number of hydrogen-bond acceptors (Lipinski definition) is 4. The zero-order valence-corrected chi connectivity index (χ0v) is 14.6. The van der Waals surface area contributed by atoms with Gasteiger partial charge in [0.15, 0.2) is 4.67 Å². The number of amides is 1. The molecule has 1 amide bonds. The molecule has 0 spiro atoms. The van der Waals surface area contributed by atoms with Crippen LogP contribution in [0, 0.1) is 11.3 Å². The normalized spacial score (nSPS) is 15.2. The van der Waals surface area contributed by atoms with E-state index in [1.165, 1.54) is 6.08 Å². The van der Waals surface area contributed by atoms with Gasteiger partial charge in [0, 0.05) is 37.9 Å². The molecule has 5 nitrogen and oxygen atoms in total. The summed E-state index contributed by atoms with van der Waals surface area (Å²) in [5.74, 6) is 0.229. The van der Waals surface area contributed by atoms with E-state index in [4.69, 9.17) is 4.42 Å². The fraction of sp³-hybridized carbons (Fsp3) is 0.222. The quantitative estimate of drug-likeness (QED) is 0.600. The largest absolute Gasteiger partial charge is 0.450 e. The number of nitrogens with zero attached hydrogens (tertiary/aromatic N) is 3. The SMILES string of the molecule is N#C/C(=C/c1ccc(Br)o1)C(=O)N1CCN(c2ccccc2)CC1. The molecule has 1 aliphatic rings. The number of halogens is 1. The summed E-state index contributed by atoms with van der Waals surface area (Å²) < 4.78 is 5.90. The van der Waals surface area contributed by atoms with Crippen LogP contribution in [0.2, 0.25) is 0 Å². The van der Waals surface area contributed by atoms with E-state index in [9.17, 15) is 10.1 Å². The molecule has 2 aromatic rings. The number of nitriles is 1. The van der Waals surface area contributed by atoms with Gasteiger partial charge in [-0.15, -0.1) is 0 Å². The summed E-state index contributed by atoms with van der Waals surface area (Å²) in [6.07, 6.45) is 1.48. The molecule has 2 heterocycles. The van der Waals surface area contributed by atoms with Crippen molar-refractivity contribution in [3.63, 3.8) is 0 Å². The lowest BCUT2D eigenvalue weighted by molar-refractivity contribution is -0.126. The zero-order chi connectivity index (χ0) is 16.9. The second-order valence-corrected chi connectivity index (χ2v) is 6.21. The van der Waals surface area contributed by atoms with Gasteiger partial charge < -0.3 is 14.2 Å². The number of hydrogen-bond donors (Lipinski definition) is 0. The first-order chi connectivity index (χ1) is 11.7. The van der Waals surface area contributed by atoms with Crippen molar-refractivity contribution in [3.8, 4) is 6.07 Å². The smallest absolute Gasteiger partial charge is 0.264 e. The van der Waals surface area contributed by atoms with E-state index >= 15 is 0 Å². The van der Waals surface area contributed by atoms with Crippen molar-refractivity contribution < 1.29 is 9.21 Å². The molecular weight excluding hydrogens is 370 g/mol. The van der Waals surface area contributed by atoms with Gasteiger partial charge in [0.1, 0.15) is 17.4 Å². The topological polar surface area (TPSA) is 60.5 Å². The van der Waals surface area contributed by atoms with Gasteiger partial charge in [-0.1, -0.05) is 18.2 Å². The first kappa shape index (κ1) is 16.3. The molecule has 3 rings (SSSR count). The molecule has 1 aromatic carbocycles.